The van der Waals surface area contributed by atoms with Crippen LogP contribution in [-0.4, -0.2) is 17.0 Å². The van der Waals surface area contributed by atoms with Crippen LogP contribution in [0, 0.1) is 11.8 Å². The van der Waals surface area contributed by atoms with Crippen LogP contribution >= 0.6 is 0 Å². The molecule has 1 fully saturated rings. The molecule has 1 amide bonds. The van der Waals surface area contributed by atoms with Gasteiger partial charge in [0, 0.05) is 5.92 Å². The van der Waals surface area contributed by atoms with Crippen LogP contribution < -0.4 is 5.32 Å². The van der Waals surface area contributed by atoms with Gasteiger partial charge in [0.05, 0.1) is 0 Å². The molecule has 1 aromatic carbocycles. The van der Waals surface area contributed by atoms with E-state index in [9.17, 15) is 14.7 Å². The molecule has 1 atom stereocenters. The smallest absolute Gasteiger partial charge is 0.330 e. The summed E-state index contributed by atoms with van der Waals surface area (Å²) in [4.78, 5) is 23.7. The number of carbonyl (C=O) groups is 2. The van der Waals surface area contributed by atoms with E-state index >= 15 is 0 Å². The number of hydrogen-bond donors (Lipinski definition) is 2. The predicted molar refractivity (Wildman–Crippen MR) is 80.7 cm³/mol. The van der Waals surface area contributed by atoms with Gasteiger partial charge in [-0.05, 0) is 37.2 Å². The van der Waals surface area contributed by atoms with Gasteiger partial charge in [0.25, 0.3) is 0 Å². The summed E-state index contributed by atoms with van der Waals surface area (Å²) in [7, 11) is 0. The van der Waals surface area contributed by atoms with E-state index in [2.05, 4.69) is 12.2 Å². The van der Waals surface area contributed by atoms with Crippen molar-refractivity contribution in [3.63, 3.8) is 0 Å². The first-order valence-electron chi connectivity index (χ1n) is 7.70. The summed E-state index contributed by atoms with van der Waals surface area (Å²) in [6, 6.07) is 7.90. The Balaban J connectivity index is 1.98. The fourth-order valence-corrected chi connectivity index (χ4v) is 3.03. The standard InChI is InChI=1S/C17H23NO3/c1-2-12-8-10-14(11-9-12)16(19)18-15(17(20)21)13-6-4-3-5-7-13/h3-7,12,14-15H,2,8-11H2,1H3,(H,18,19)(H,20,21)/t12?,14?,15-/m1/s1. The molecule has 0 aromatic heterocycles. The minimum absolute atomic E-state index is 0.0432. The summed E-state index contributed by atoms with van der Waals surface area (Å²) >= 11 is 0. The molecule has 114 valence electrons. The van der Waals surface area contributed by atoms with Crippen LogP contribution in [0.5, 0.6) is 0 Å². The number of aliphatic carboxylic acids is 1. The number of carbonyl (C=O) groups excluding carboxylic acids is 1. The summed E-state index contributed by atoms with van der Waals surface area (Å²) in [6.07, 6.45) is 5.03. The molecule has 0 bridgehead atoms. The minimum atomic E-state index is -1.02. The lowest BCUT2D eigenvalue weighted by Crippen LogP contribution is -2.39. The highest BCUT2D eigenvalue weighted by molar-refractivity contribution is 5.85. The Morgan fingerprint density at radius 2 is 1.81 bits per heavy atom. The number of benzene rings is 1. The molecule has 1 saturated carbocycles. The van der Waals surface area contributed by atoms with Gasteiger partial charge in [-0.1, -0.05) is 43.7 Å². The van der Waals surface area contributed by atoms with Crippen LogP contribution in [0.3, 0.4) is 0 Å². The van der Waals surface area contributed by atoms with Crippen molar-refractivity contribution in [2.45, 2.75) is 45.1 Å². The Kier molecular flexibility index (Phi) is 5.37. The van der Waals surface area contributed by atoms with Crippen molar-refractivity contribution in [3.05, 3.63) is 35.9 Å². The monoisotopic (exact) mass is 289 g/mol. The number of carboxylic acids is 1. The van der Waals surface area contributed by atoms with E-state index in [-0.39, 0.29) is 11.8 Å². The zero-order chi connectivity index (χ0) is 15.2. The van der Waals surface area contributed by atoms with Gasteiger partial charge in [-0.15, -0.1) is 0 Å². The van der Waals surface area contributed by atoms with E-state index in [0.717, 1.165) is 38.0 Å². The van der Waals surface area contributed by atoms with E-state index in [1.807, 2.05) is 6.07 Å². The van der Waals surface area contributed by atoms with E-state index in [4.69, 9.17) is 0 Å². The SMILES string of the molecule is CCC1CCC(C(=O)N[C@@H](C(=O)O)c2ccccc2)CC1. The van der Waals surface area contributed by atoms with Crippen molar-refractivity contribution in [1.82, 2.24) is 5.32 Å². The Bertz CT molecular complexity index is 478. The normalized spacial score (nSPS) is 23.3. The highest BCUT2D eigenvalue weighted by Crippen LogP contribution is 2.31. The molecule has 0 unspecified atom stereocenters. The second-order valence-electron chi connectivity index (χ2n) is 5.82. The third-order valence-electron chi connectivity index (χ3n) is 4.46. The summed E-state index contributed by atoms with van der Waals surface area (Å²) in [6.45, 7) is 2.18. The first-order valence-corrected chi connectivity index (χ1v) is 7.70. The molecule has 0 radical (unpaired) electrons. The Morgan fingerprint density at radius 1 is 1.19 bits per heavy atom. The van der Waals surface area contributed by atoms with E-state index in [0.29, 0.717) is 5.56 Å². The highest BCUT2D eigenvalue weighted by atomic mass is 16.4. The third-order valence-corrected chi connectivity index (χ3v) is 4.46. The van der Waals surface area contributed by atoms with Gasteiger partial charge in [0.15, 0.2) is 6.04 Å². The first kappa shape index (κ1) is 15.5. The van der Waals surface area contributed by atoms with E-state index < -0.39 is 12.0 Å². The molecule has 2 rings (SSSR count). The van der Waals surface area contributed by atoms with Gasteiger partial charge in [-0.25, -0.2) is 4.79 Å². The van der Waals surface area contributed by atoms with Crippen molar-refractivity contribution < 1.29 is 14.7 Å². The van der Waals surface area contributed by atoms with Crippen LogP contribution in [0.4, 0.5) is 0 Å². The molecule has 1 aliphatic rings. The van der Waals surface area contributed by atoms with E-state index in [1.165, 1.54) is 0 Å². The lowest BCUT2D eigenvalue weighted by atomic mass is 9.80. The summed E-state index contributed by atoms with van der Waals surface area (Å²) < 4.78 is 0. The zero-order valence-electron chi connectivity index (χ0n) is 12.4. The van der Waals surface area contributed by atoms with Crippen LogP contribution in [0.2, 0.25) is 0 Å². The maximum absolute atomic E-state index is 12.3. The third kappa shape index (κ3) is 4.06. The Labute approximate surface area is 125 Å². The van der Waals surface area contributed by atoms with Gasteiger partial charge < -0.3 is 10.4 Å². The van der Waals surface area contributed by atoms with Crippen molar-refractivity contribution in [3.8, 4) is 0 Å². The summed E-state index contributed by atoms with van der Waals surface area (Å²) in [5.74, 6) is -0.464. The Hall–Kier alpha value is -1.84. The zero-order valence-corrected chi connectivity index (χ0v) is 12.4. The number of rotatable bonds is 5. The highest BCUT2D eigenvalue weighted by Gasteiger charge is 2.29. The lowest BCUT2D eigenvalue weighted by Gasteiger charge is -2.28. The fraction of sp³-hybridized carbons (Fsp3) is 0.529. The average Bonchev–Trinajstić information content (AvgIpc) is 2.53. The maximum atomic E-state index is 12.3. The van der Waals surface area contributed by atoms with Gasteiger partial charge in [-0.3, -0.25) is 4.79 Å². The van der Waals surface area contributed by atoms with Crippen molar-refractivity contribution in [2.75, 3.05) is 0 Å². The molecule has 0 saturated heterocycles. The predicted octanol–water partition coefficient (Wildman–Crippen LogP) is 3.14. The van der Waals surface area contributed by atoms with Crippen LogP contribution in [0.1, 0.15) is 50.6 Å². The molecular weight excluding hydrogens is 266 g/mol. The maximum Gasteiger partial charge on any atom is 0.330 e. The van der Waals surface area contributed by atoms with Gasteiger partial charge in [-0.2, -0.15) is 0 Å². The van der Waals surface area contributed by atoms with Crippen LogP contribution in [-0.2, 0) is 9.59 Å². The van der Waals surface area contributed by atoms with Gasteiger partial charge in [0.2, 0.25) is 5.91 Å². The van der Waals surface area contributed by atoms with Crippen molar-refractivity contribution in [1.29, 1.82) is 0 Å². The second-order valence-corrected chi connectivity index (χ2v) is 5.82. The molecular formula is C17H23NO3. The van der Waals surface area contributed by atoms with Crippen LogP contribution in [0.25, 0.3) is 0 Å². The molecule has 21 heavy (non-hydrogen) atoms. The average molecular weight is 289 g/mol. The molecule has 4 heteroatoms. The molecule has 1 aromatic rings. The summed E-state index contributed by atoms with van der Waals surface area (Å²) in [5, 5.41) is 12.0. The fourth-order valence-electron chi connectivity index (χ4n) is 3.03. The quantitative estimate of drug-likeness (QED) is 0.875. The molecule has 0 aliphatic heterocycles. The topological polar surface area (TPSA) is 66.4 Å². The lowest BCUT2D eigenvalue weighted by molar-refractivity contribution is -0.143. The summed E-state index contributed by atoms with van der Waals surface area (Å²) in [5.41, 5.74) is 0.612. The van der Waals surface area contributed by atoms with Crippen molar-refractivity contribution >= 4 is 11.9 Å². The molecule has 4 nitrogen and oxygen atoms in total. The largest absolute Gasteiger partial charge is 0.479 e. The first-order chi connectivity index (χ1) is 10.1. The number of carboxylic acid groups (broad SMARTS) is 1. The van der Waals surface area contributed by atoms with Crippen LogP contribution in [0.15, 0.2) is 30.3 Å². The molecule has 0 spiro atoms. The second kappa shape index (κ2) is 7.25. The minimum Gasteiger partial charge on any atom is -0.479 e. The van der Waals surface area contributed by atoms with Gasteiger partial charge >= 0.3 is 5.97 Å². The van der Waals surface area contributed by atoms with E-state index in [1.54, 1.807) is 24.3 Å². The molecule has 1 aliphatic carbocycles. The molecule has 0 heterocycles. The number of amides is 1. The van der Waals surface area contributed by atoms with Crippen molar-refractivity contribution in [2.24, 2.45) is 11.8 Å². The molecule has 2 N–H and O–H groups in total. The number of nitrogens with one attached hydrogen (secondary N) is 1. The number of hydrogen-bond acceptors (Lipinski definition) is 2. The Morgan fingerprint density at radius 3 is 2.33 bits per heavy atom. The van der Waals surface area contributed by atoms with Gasteiger partial charge in [0.1, 0.15) is 0 Å².